The molecule has 0 radical (unpaired) electrons. The molecule has 0 aliphatic heterocycles. The summed E-state index contributed by atoms with van der Waals surface area (Å²) in [6.07, 6.45) is -4.42. The van der Waals surface area contributed by atoms with Gasteiger partial charge in [0.1, 0.15) is 5.82 Å². The Morgan fingerprint density at radius 3 is 2.20 bits per heavy atom. The van der Waals surface area contributed by atoms with Crippen molar-refractivity contribution >= 4 is 27.7 Å². The van der Waals surface area contributed by atoms with Gasteiger partial charge in [-0.25, -0.2) is 9.97 Å². The van der Waals surface area contributed by atoms with E-state index in [1.54, 1.807) is 14.1 Å². The van der Waals surface area contributed by atoms with Gasteiger partial charge < -0.3 is 10.2 Å². The largest absolute Gasteiger partial charge is 0.416 e. The van der Waals surface area contributed by atoms with E-state index in [0.717, 1.165) is 17.7 Å². The first-order valence-corrected chi connectivity index (χ1v) is 9.70. The van der Waals surface area contributed by atoms with E-state index in [0.29, 0.717) is 21.5 Å². The molecule has 1 N–H and O–H groups in total. The van der Waals surface area contributed by atoms with Crippen molar-refractivity contribution in [3.05, 3.63) is 64.6 Å². The zero-order chi connectivity index (χ0) is 21.9. The molecule has 1 amide bonds. The van der Waals surface area contributed by atoms with Crippen molar-refractivity contribution in [1.29, 1.82) is 0 Å². The van der Waals surface area contributed by atoms with Crippen LogP contribution in [0.3, 0.4) is 0 Å². The van der Waals surface area contributed by atoms with Crippen LogP contribution in [-0.4, -0.2) is 41.4 Å². The summed E-state index contributed by atoms with van der Waals surface area (Å²) in [5, 5.41) is 2.98. The number of hydrogen-bond acceptors (Lipinski definition) is 4. The standard InChI is InChI=1S/C21H18BrF3N4O/c1-29(2)16(30)12-26-20-17(22)18(13-6-4-3-5-7-13)27-19(28-20)14-8-10-15(11-9-14)21(23,24)25/h3-11H,12H2,1-2H3,(H,26,27,28). The Balaban J connectivity index is 2.06. The summed E-state index contributed by atoms with van der Waals surface area (Å²) in [6, 6.07) is 13.9. The number of aromatic nitrogens is 2. The van der Waals surface area contributed by atoms with Gasteiger partial charge in [-0.15, -0.1) is 0 Å². The normalized spacial score (nSPS) is 11.3. The Labute approximate surface area is 180 Å². The number of carbonyl (C=O) groups excluding carboxylic acids is 1. The van der Waals surface area contributed by atoms with E-state index in [1.165, 1.54) is 17.0 Å². The molecule has 0 aliphatic carbocycles. The maximum atomic E-state index is 12.9. The molecule has 30 heavy (non-hydrogen) atoms. The second-order valence-corrected chi connectivity index (χ2v) is 7.43. The van der Waals surface area contributed by atoms with Gasteiger partial charge in [-0.3, -0.25) is 4.79 Å². The van der Waals surface area contributed by atoms with Gasteiger partial charge in [-0.05, 0) is 28.1 Å². The van der Waals surface area contributed by atoms with Crippen LogP contribution in [0.4, 0.5) is 19.0 Å². The molecule has 0 atom stereocenters. The first-order chi connectivity index (χ1) is 14.2. The Bertz CT molecular complexity index is 1040. The van der Waals surface area contributed by atoms with E-state index in [4.69, 9.17) is 0 Å². The smallest absolute Gasteiger partial charge is 0.360 e. The monoisotopic (exact) mass is 478 g/mol. The summed E-state index contributed by atoms with van der Waals surface area (Å²) in [4.78, 5) is 22.4. The molecule has 0 spiro atoms. The van der Waals surface area contributed by atoms with Gasteiger partial charge in [0, 0.05) is 25.2 Å². The van der Waals surface area contributed by atoms with Crippen LogP contribution < -0.4 is 5.32 Å². The number of alkyl halides is 3. The Morgan fingerprint density at radius 1 is 1.00 bits per heavy atom. The molecule has 9 heteroatoms. The third-order valence-corrected chi connectivity index (χ3v) is 5.03. The number of hydrogen-bond donors (Lipinski definition) is 1. The zero-order valence-electron chi connectivity index (χ0n) is 16.2. The number of anilines is 1. The topological polar surface area (TPSA) is 58.1 Å². The number of benzene rings is 2. The van der Waals surface area contributed by atoms with Gasteiger partial charge in [0.25, 0.3) is 0 Å². The van der Waals surface area contributed by atoms with Gasteiger partial charge in [-0.2, -0.15) is 13.2 Å². The molecular formula is C21H18BrF3N4O. The molecule has 1 heterocycles. The minimum Gasteiger partial charge on any atom is -0.360 e. The third kappa shape index (κ3) is 4.96. The summed E-state index contributed by atoms with van der Waals surface area (Å²) in [6.45, 7) is 0.00327. The predicted molar refractivity (Wildman–Crippen MR) is 113 cm³/mol. The van der Waals surface area contributed by atoms with E-state index in [9.17, 15) is 18.0 Å². The van der Waals surface area contributed by atoms with Gasteiger partial charge in [0.15, 0.2) is 5.82 Å². The lowest BCUT2D eigenvalue weighted by atomic mass is 10.1. The van der Waals surface area contributed by atoms with E-state index in [1.807, 2.05) is 30.3 Å². The Kier molecular flexibility index (Phi) is 6.40. The second kappa shape index (κ2) is 8.83. The number of nitrogens with one attached hydrogen (secondary N) is 1. The second-order valence-electron chi connectivity index (χ2n) is 6.64. The van der Waals surface area contributed by atoms with Crippen LogP contribution in [0.25, 0.3) is 22.6 Å². The van der Waals surface area contributed by atoms with Gasteiger partial charge in [-0.1, -0.05) is 42.5 Å². The molecule has 1 aromatic heterocycles. The minimum atomic E-state index is -4.42. The fourth-order valence-electron chi connectivity index (χ4n) is 2.61. The average Bonchev–Trinajstić information content (AvgIpc) is 2.72. The lowest BCUT2D eigenvalue weighted by molar-refractivity contribution is -0.137. The van der Waals surface area contributed by atoms with Crippen molar-refractivity contribution in [3.8, 4) is 22.6 Å². The fraction of sp³-hybridized carbons (Fsp3) is 0.190. The van der Waals surface area contributed by atoms with Crippen molar-refractivity contribution in [1.82, 2.24) is 14.9 Å². The molecule has 0 fully saturated rings. The molecule has 5 nitrogen and oxygen atoms in total. The summed E-state index contributed by atoms with van der Waals surface area (Å²) in [5.41, 5.74) is 1.03. The maximum absolute atomic E-state index is 12.9. The van der Waals surface area contributed by atoms with E-state index in [2.05, 4.69) is 31.2 Å². The van der Waals surface area contributed by atoms with Gasteiger partial charge in [0.2, 0.25) is 5.91 Å². The number of carbonyl (C=O) groups is 1. The van der Waals surface area contributed by atoms with Crippen molar-refractivity contribution < 1.29 is 18.0 Å². The molecular weight excluding hydrogens is 461 g/mol. The van der Waals surface area contributed by atoms with Crippen molar-refractivity contribution in [2.24, 2.45) is 0 Å². The van der Waals surface area contributed by atoms with Crippen LogP contribution in [0.2, 0.25) is 0 Å². The lowest BCUT2D eigenvalue weighted by Gasteiger charge is -2.15. The van der Waals surface area contributed by atoms with E-state index in [-0.39, 0.29) is 18.3 Å². The van der Waals surface area contributed by atoms with Crippen LogP contribution in [0, 0.1) is 0 Å². The van der Waals surface area contributed by atoms with Crippen LogP contribution in [-0.2, 0) is 11.0 Å². The van der Waals surface area contributed by atoms with Crippen LogP contribution in [0.5, 0.6) is 0 Å². The quantitative estimate of drug-likeness (QED) is 0.554. The van der Waals surface area contributed by atoms with E-state index < -0.39 is 11.7 Å². The molecule has 0 unspecified atom stereocenters. The highest BCUT2D eigenvalue weighted by molar-refractivity contribution is 9.10. The number of rotatable bonds is 5. The molecule has 0 bridgehead atoms. The maximum Gasteiger partial charge on any atom is 0.416 e. The summed E-state index contributed by atoms with van der Waals surface area (Å²) >= 11 is 3.49. The zero-order valence-corrected chi connectivity index (χ0v) is 17.8. The predicted octanol–water partition coefficient (Wildman–Crippen LogP) is 5.09. The highest BCUT2D eigenvalue weighted by atomic mass is 79.9. The molecule has 0 aliphatic rings. The number of likely N-dealkylation sites (N-methyl/N-ethyl adjacent to an activating group) is 1. The lowest BCUT2D eigenvalue weighted by Crippen LogP contribution is -2.29. The number of nitrogens with zero attached hydrogens (tertiary/aromatic N) is 3. The van der Waals surface area contributed by atoms with Gasteiger partial charge in [0.05, 0.1) is 22.3 Å². The van der Waals surface area contributed by atoms with Crippen molar-refractivity contribution in [2.45, 2.75) is 6.18 Å². The SMILES string of the molecule is CN(C)C(=O)CNc1nc(-c2ccc(C(F)(F)F)cc2)nc(-c2ccccc2)c1Br. The molecule has 2 aromatic carbocycles. The number of amides is 1. The fourth-order valence-corrected chi connectivity index (χ4v) is 3.15. The van der Waals surface area contributed by atoms with Crippen LogP contribution >= 0.6 is 15.9 Å². The van der Waals surface area contributed by atoms with Crippen LogP contribution in [0.1, 0.15) is 5.56 Å². The van der Waals surface area contributed by atoms with Crippen molar-refractivity contribution in [3.63, 3.8) is 0 Å². The van der Waals surface area contributed by atoms with E-state index >= 15 is 0 Å². The Morgan fingerprint density at radius 2 is 1.63 bits per heavy atom. The highest BCUT2D eigenvalue weighted by Gasteiger charge is 2.30. The summed E-state index contributed by atoms with van der Waals surface area (Å²) in [7, 11) is 3.28. The Hall–Kier alpha value is -2.94. The minimum absolute atomic E-state index is 0.00327. The van der Waals surface area contributed by atoms with Gasteiger partial charge >= 0.3 is 6.18 Å². The summed E-state index contributed by atoms with van der Waals surface area (Å²) < 4.78 is 39.2. The molecule has 156 valence electrons. The first kappa shape index (κ1) is 21.8. The molecule has 0 saturated carbocycles. The first-order valence-electron chi connectivity index (χ1n) is 8.91. The molecule has 3 rings (SSSR count). The van der Waals surface area contributed by atoms with Crippen molar-refractivity contribution in [2.75, 3.05) is 26.0 Å². The molecule has 0 saturated heterocycles. The number of halogens is 4. The highest BCUT2D eigenvalue weighted by Crippen LogP contribution is 2.35. The van der Waals surface area contributed by atoms with Crippen LogP contribution in [0.15, 0.2) is 59.1 Å². The third-order valence-electron chi connectivity index (χ3n) is 4.27. The molecule has 3 aromatic rings. The average molecular weight is 479 g/mol. The summed E-state index contributed by atoms with van der Waals surface area (Å²) in [5.74, 6) is 0.456.